The van der Waals surface area contributed by atoms with Gasteiger partial charge < -0.3 is 11.6 Å². The minimum Gasteiger partial charge on any atom is -0.368 e. The monoisotopic (exact) mass is 200 g/mol. The van der Waals surface area contributed by atoms with Crippen molar-refractivity contribution < 1.29 is 0 Å². The first-order valence-corrected chi connectivity index (χ1v) is 4.40. The minimum atomic E-state index is 0.255. The second kappa shape index (κ2) is 2.57. The van der Waals surface area contributed by atoms with E-state index in [1.165, 1.54) is 4.68 Å². The van der Waals surface area contributed by atoms with E-state index in [9.17, 15) is 0 Å². The van der Waals surface area contributed by atoms with Gasteiger partial charge in [-0.25, -0.2) is 9.66 Å². The third kappa shape index (κ3) is 0.954. The predicted molar refractivity (Wildman–Crippen MR) is 57.4 cm³/mol. The van der Waals surface area contributed by atoms with Crippen LogP contribution in [0.5, 0.6) is 0 Å². The topological polar surface area (TPSA) is 95.6 Å². The van der Waals surface area contributed by atoms with Crippen LogP contribution in [0.3, 0.4) is 0 Å². The number of imidazole rings is 1. The molecular formula is C9H8N6. The lowest BCUT2D eigenvalue weighted by Gasteiger charge is -1.99. The fraction of sp³-hybridized carbons (Fsp3) is 0. The Kier molecular flexibility index (Phi) is 1.37. The van der Waals surface area contributed by atoms with Gasteiger partial charge in [-0.3, -0.25) is 9.97 Å². The fourth-order valence-corrected chi connectivity index (χ4v) is 1.61. The maximum Gasteiger partial charge on any atom is 0.220 e. The molecule has 0 saturated heterocycles. The van der Waals surface area contributed by atoms with Crippen molar-refractivity contribution >= 4 is 28.0 Å². The molecule has 0 spiro atoms. The molecule has 0 aliphatic rings. The fourth-order valence-electron chi connectivity index (χ4n) is 1.61. The lowest BCUT2D eigenvalue weighted by atomic mass is 10.3. The third-order valence-corrected chi connectivity index (χ3v) is 2.30. The molecule has 0 radical (unpaired) electrons. The Balaban J connectivity index is 2.63. The minimum absolute atomic E-state index is 0.255. The van der Waals surface area contributed by atoms with Crippen LogP contribution in [0, 0.1) is 0 Å². The van der Waals surface area contributed by atoms with Crippen LogP contribution in [0.4, 0.5) is 5.95 Å². The first-order valence-electron chi connectivity index (χ1n) is 4.40. The largest absolute Gasteiger partial charge is 0.368 e. The molecule has 0 unspecified atom stereocenters. The summed E-state index contributed by atoms with van der Waals surface area (Å²) in [6.07, 6.45) is 3.33. The molecule has 0 aliphatic carbocycles. The Morgan fingerprint density at radius 2 is 2.07 bits per heavy atom. The van der Waals surface area contributed by atoms with Gasteiger partial charge in [0.15, 0.2) is 0 Å². The van der Waals surface area contributed by atoms with Crippen molar-refractivity contribution in [3.63, 3.8) is 0 Å². The van der Waals surface area contributed by atoms with Gasteiger partial charge in [-0.1, -0.05) is 0 Å². The Morgan fingerprint density at radius 3 is 2.93 bits per heavy atom. The molecule has 3 aromatic rings. The van der Waals surface area contributed by atoms with Gasteiger partial charge >= 0.3 is 0 Å². The van der Waals surface area contributed by atoms with Gasteiger partial charge in [0.1, 0.15) is 16.6 Å². The van der Waals surface area contributed by atoms with Crippen LogP contribution >= 0.6 is 0 Å². The number of anilines is 1. The van der Waals surface area contributed by atoms with Crippen molar-refractivity contribution in [1.29, 1.82) is 0 Å². The van der Waals surface area contributed by atoms with Crippen LogP contribution < -0.4 is 11.6 Å². The molecular weight excluding hydrogens is 192 g/mol. The number of nitrogens with zero attached hydrogens (tertiary/aromatic N) is 4. The molecule has 0 fully saturated rings. The van der Waals surface area contributed by atoms with Gasteiger partial charge in [0.25, 0.3) is 0 Å². The first-order chi connectivity index (χ1) is 7.27. The number of nitrogen functional groups attached to an aromatic ring is 2. The maximum absolute atomic E-state index is 5.77. The van der Waals surface area contributed by atoms with Gasteiger partial charge in [0.2, 0.25) is 5.95 Å². The molecule has 0 bridgehead atoms. The van der Waals surface area contributed by atoms with Crippen molar-refractivity contribution in [3.05, 3.63) is 24.5 Å². The number of hydrogen-bond donors (Lipinski definition) is 2. The van der Waals surface area contributed by atoms with Gasteiger partial charge in [0.05, 0.1) is 11.7 Å². The van der Waals surface area contributed by atoms with E-state index in [4.69, 9.17) is 11.6 Å². The zero-order chi connectivity index (χ0) is 10.4. The van der Waals surface area contributed by atoms with Crippen LogP contribution in [0.1, 0.15) is 0 Å². The van der Waals surface area contributed by atoms with Crippen molar-refractivity contribution in [2.24, 2.45) is 0 Å². The molecule has 74 valence electrons. The lowest BCUT2D eigenvalue weighted by Crippen LogP contribution is -2.11. The lowest BCUT2D eigenvalue weighted by molar-refractivity contribution is 1.06. The van der Waals surface area contributed by atoms with E-state index in [0.717, 1.165) is 5.52 Å². The van der Waals surface area contributed by atoms with Crippen LogP contribution in [-0.4, -0.2) is 19.6 Å². The summed E-state index contributed by atoms with van der Waals surface area (Å²) < 4.78 is 1.33. The average molecular weight is 200 g/mol. The Labute approximate surface area is 84.5 Å². The van der Waals surface area contributed by atoms with Gasteiger partial charge in [-0.05, 0) is 12.1 Å². The Bertz CT molecular complexity index is 656. The zero-order valence-electron chi connectivity index (χ0n) is 7.75. The van der Waals surface area contributed by atoms with E-state index in [-0.39, 0.29) is 5.95 Å². The van der Waals surface area contributed by atoms with Crippen LogP contribution in [0.2, 0.25) is 0 Å². The summed E-state index contributed by atoms with van der Waals surface area (Å²) in [5, 5.41) is 0. The molecule has 0 amide bonds. The highest BCUT2D eigenvalue weighted by molar-refractivity contribution is 6.00. The molecule has 15 heavy (non-hydrogen) atoms. The predicted octanol–water partition coefficient (Wildman–Crippen LogP) is 0.275. The molecule has 4 N–H and O–H groups in total. The maximum atomic E-state index is 5.77. The van der Waals surface area contributed by atoms with Crippen LogP contribution in [0.25, 0.3) is 22.1 Å². The van der Waals surface area contributed by atoms with E-state index >= 15 is 0 Å². The summed E-state index contributed by atoms with van der Waals surface area (Å²) in [6.45, 7) is 0. The summed E-state index contributed by atoms with van der Waals surface area (Å²) in [5.41, 5.74) is 8.46. The van der Waals surface area contributed by atoms with E-state index in [0.29, 0.717) is 16.6 Å². The standard InChI is InChI=1S/C9H8N6/c10-9-14-6-4-13-5-2-1-3-12-7(5)8(6)15(9)11/h1-4H,11H2,(H2,10,14). The normalized spacial score (nSPS) is 11.2. The molecule has 0 saturated carbocycles. The van der Waals surface area contributed by atoms with E-state index in [1.807, 2.05) is 12.1 Å². The summed E-state index contributed by atoms with van der Waals surface area (Å²) in [6, 6.07) is 3.69. The molecule has 0 atom stereocenters. The van der Waals surface area contributed by atoms with E-state index in [1.54, 1.807) is 12.4 Å². The highest BCUT2D eigenvalue weighted by Gasteiger charge is 2.10. The van der Waals surface area contributed by atoms with Gasteiger partial charge in [-0.2, -0.15) is 0 Å². The number of pyridine rings is 2. The zero-order valence-corrected chi connectivity index (χ0v) is 7.75. The van der Waals surface area contributed by atoms with Crippen LogP contribution in [-0.2, 0) is 0 Å². The number of aromatic nitrogens is 4. The summed E-state index contributed by atoms with van der Waals surface area (Å²) >= 11 is 0. The number of rotatable bonds is 0. The highest BCUT2D eigenvalue weighted by atomic mass is 15.4. The summed E-state index contributed by atoms with van der Waals surface area (Å²) in [7, 11) is 0. The second-order valence-electron chi connectivity index (χ2n) is 3.20. The average Bonchev–Trinajstić information content (AvgIpc) is 2.55. The molecule has 6 heteroatoms. The Morgan fingerprint density at radius 1 is 1.20 bits per heavy atom. The van der Waals surface area contributed by atoms with E-state index in [2.05, 4.69) is 15.0 Å². The molecule has 0 aliphatic heterocycles. The van der Waals surface area contributed by atoms with Crippen molar-refractivity contribution in [2.75, 3.05) is 11.6 Å². The molecule has 3 heterocycles. The molecule has 3 rings (SSSR count). The summed E-state index contributed by atoms with van der Waals surface area (Å²) in [4.78, 5) is 12.5. The molecule has 6 nitrogen and oxygen atoms in total. The molecule has 0 aromatic carbocycles. The quantitative estimate of drug-likeness (QED) is 0.508. The van der Waals surface area contributed by atoms with Crippen molar-refractivity contribution in [2.45, 2.75) is 0 Å². The van der Waals surface area contributed by atoms with Crippen LogP contribution in [0.15, 0.2) is 24.5 Å². The number of hydrogen-bond acceptors (Lipinski definition) is 5. The first kappa shape index (κ1) is 7.98. The highest BCUT2D eigenvalue weighted by Crippen LogP contribution is 2.21. The van der Waals surface area contributed by atoms with Gasteiger partial charge in [-0.15, -0.1) is 0 Å². The van der Waals surface area contributed by atoms with Crippen molar-refractivity contribution in [3.8, 4) is 0 Å². The summed E-state index contributed by atoms with van der Waals surface area (Å²) in [5.74, 6) is 6.02. The third-order valence-electron chi connectivity index (χ3n) is 2.30. The van der Waals surface area contributed by atoms with E-state index < -0.39 is 0 Å². The number of fused-ring (bicyclic) bond motifs is 3. The molecule has 3 aromatic heterocycles. The second-order valence-corrected chi connectivity index (χ2v) is 3.20. The number of nitrogens with two attached hydrogens (primary N) is 2. The van der Waals surface area contributed by atoms with Crippen molar-refractivity contribution in [1.82, 2.24) is 19.6 Å². The Hall–Kier alpha value is -2.37. The smallest absolute Gasteiger partial charge is 0.220 e. The SMILES string of the molecule is Nc1nc2cnc3cccnc3c2n1N. The van der Waals surface area contributed by atoms with Gasteiger partial charge in [0, 0.05) is 6.20 Å².